The average molecular weight is 351 g/mol. The number of aromatic amines is 1. The smallest absolute Gasteiger partial charge is 0.265 e. The number of halogens is 1. The van der Waals surface area contributed by atoms with Crippen LogP contribution in [-0.4, -0.2) is 17.1 Å². The lowest BCUT2D eigenvalue weighted by Crippen LogP contribution is -2.26. The van der Waals surface area contributed by atoms with Gasteiger partial charge in [0, 0.05) is 12.7 Å². The van der Waals surface area contributed by atoms with Crippen LogP contribution >= 0.6 is 15.9 Å². The summed E-state index contributed by atoms with van der Waals surface area (Å²) in [4.78, 5) is 19.6. The number of rotatable bonds is 3. The molecule has 1 N–H and O–H groups in total. The zero-order valence-electron chi connectivity index (χ0n) is 12.6. The highest BCUT2D eigenvalue weighted by atomic mass is 79.9. The van der Waals surface area contributed by atoms with Crippen molar-refractivity contribution >= 4 is 15.9 Å². The van der Waals surface area contributed by atoms with Gasteiger partial charge in [0.1, 0.15) is 16.4 Å². The number of aromatic nitrogens is 2. The first-order valence-electron chi connectivity index (χ1n) is 6.72. The van der Waals surface area contributed by atoms with E-state index in [-0.39, 0.29) is 17.1 Å². The molecule has 0 amide bonds. The molecule has 1 aromatic heterocycles. The Morgan fingerprint density at radius 2 is 1.86 bits per heavy atom. The highest BCUT2D eigenvalue weighted by Gasteiger charge is 2.29. The molecular formula is C16H19BrN2O2. The zero-order valence-corrected chi connectivity index (χ0v) is 14.2. The topological polar surface area (TPSA) is 55.0 Å². The van der Waals surface area contributed by atoms with Crippen molar-refractivity contribution in [3.63, 3.8) is 0 Å². The lowest BCUT2D eigenvalue weighted by molar-refractivity contribution is 0.00854. The Hall–Kier alpha value is -1.46. The van der Waals surface area contributed by atoms with E-state index in [2.05, 4.69) is 25.9 Å². The summed E-state index contributed by atoms with van der Waals surface area (Å²) in [5.74, 6) is 0.539. The van der Waals surface area contributed by atoms with Crippen LogP contribution in [0.1, 0.15) is 32.7 Å². The SMILES string of the molecule is COC(c1nc(-c2ccccc2)c(Br)c(=O)[nH]1)C(C)(C)C. The molecule has 0 radical (unpaired) electrons. The number of nitrogens with one attached hydrogen (secondary N) is 1. The summed E-state index contributed by atoms with van der Waals surface area (Å²) < 4.78 is 5.97. The van der Waals surface area contributed by atoms with Gasteiger partial charge in [-0.3, -0.25) is 4.79 Å². The molecule has 0 aliphatic carbocycles. The van der Waals surface area contributed by atoms with Crippen LogP contribution in [0, 0.1) is 5.41 Å². The van der Waals surface area contributed by atoms with Crippen molar-refractivity contribution in [2.75, 3.05) is 7.11 Å². The van der Waals surface area contributed by atoms with Crippen molar-refractivity contribution in [1.29, 1.82) is 0 Å². The number of hydrogen-bond donors (Lipinski definition) is 1. The Morgan fingerprint density at radius 3 is 2.38 bits per heavy atom. The summed E-state index contributed by atoms with van der Waals surface area (Å²) in [6.07, 6.45) is -0.291. The highest BCUT2D eigenvalue weighted by molar-refractivity contribution is 9.10. The van der Waals surface area contributed by atoms with Crippen molar-refractivity contribution in [2.24, 2.45) is 5.41 Å². The van der Waals surface area contributed by atoms with E-state index in [0.717, 1.165) is 5.56 Å². The number of methoxy groups -OCH3 is 1. The summed E-state index contributed by atoms with van der Waals surface area (Å²) in [5.41, 5.74) is 1.14. The van der Waals surface area contributed by atoms with E-state index >= 15 is 0 Å². The fourth-order valence-electron chi connectivity index (χ4n) is 2.26. The molecule has 2 aromatic rings. The van der Waals surface area contributed by atoms with Gasteiger partial charge in [0.05, 0.1) is 5.69 Å². The minimum Gasteiger partial charge on any atom is -0.373 e. The monoisotopic (exact) mass is 350 g/mol. The first-order chi connectivity index (χ1) is 9.84. The maximum absolute atomic E-state index is 12.2. The minimum absolute atomic E-state index is 0.174. The standard InChI is InChI=1S/C16H19BrN2O2/c1-16(2,3)13(21-4)14-18-12(11(17)15(20)19-14)10-8-6-5-7-9-10/h5-9,13H,1-4H3,(H,18,19,20). The van der Waals surface area contributed by atoms with Crippen LogP contribution in [0.4, 0.5) is 0 Å². The van der Waals surface area contributed by atoms with E-state index in [1.165, 1.54) is 0 Å². The zero-order chi connectivity index (χ0) is 15.6. The van der Waals surface area contributed by atoms with Crippen LogP contribution in [0.2, 0.25) is 0 Å². The van der Waals surface area contributed by atoms with Crippen LogP contribution in [0.5, 0.6) is 0 Å². The Bertz CT molecular complexity index is 675. The molecule has 2 rings (SSSR count). The van der Waals surface area contributed by atoms with Crippen molar-refractivity contribution in [2.45, 2.75) is 26.9 Å². The molecule has 0 fully saturated rings. The van der Waals surface area contributed by atoms with Gasteiger partial charge in [0.15, 0.2) is 0 Å². The number of ether oxygens (including phenoxy) is 1. The lowest BCUT2D eigenvalue weighted by atomic mass is 9.88. The number of H-pyrrole nitrogens is 1. The normalized spacial score (nSPS) is 13.2. The van der Waals surface area contributed by atoms with Crippen LogP contribution in [0.15, 0.2) is 39.6 Å². The van der Waals surface area contributed by atoms with E-state index in [4.69, 9.17) is 4.74 Å². The fourth-order valence-corrected chi connectivity index (χ4v) is 2.68. The first kappa shape index (κ1) is 15.9. The molecule has 0 saturated carbocycles. The molecular weight excluding hydrogens is 332 g/mol. The van der Waals surface area contributed by atoms with Crippen LogP contribution < -0.4 is 5.56 Å². The quantitative estimate of drug-likeness (QED) is 0.912. The third-order valence-corrected chi connectivity index (χ3v) is 3.93. The molecule has 1 aromatic carbocycles. The number of benzene rings is 1. The second kappa shape index (κ2) is 6.12. The third kappa shape index (κ3) is 3.41. The molecule has 5 heteroatoms. The van der Waals surface area contributed by atoms with Crippen LogP contribution in [0.3, 0.4) is 0 Å². The summed E-state index contributed by atoms with van der Waals surface area (Å²) in [6.45, 7) is 6.14. The minimum atomic E-state index is -0.291. The Morgan fingerprint density at radius 1 is 1.24 bits per heavy atom. The second-order valence-electron chi connectivity index (χ2n) is 5.96. The van der Waals surface area contributed by atoms with E-state index in [1.54, 1.807) is 7.11 Å². The largest absolute Gasteiger partial charge is 0.373 e. The fraction of sp³-hybridized carbons (Fsp3) is 0.375. The molecule has 0 spiro atoms. The van der Waals surface area contributed by atoms with Crippen molar-refractivity contribution in [3.8, 4) is 11.3 Å². The number of hydrogen-bond acceptors (Lipinski definition) is 3. The van der Waals surface area contributed by atoms with Crippen molar-refractivity contribution in [3.05, 3.63) is 51.0 Å². The molecule has 1 atom stereocenters. The molecule has 0 saturated heterocycles. The maximum Gasteiger partial charge on any atom is 0.265 e. The summed E-state index contributed by atoms with van der Waals surface area (Å²) >= 11 is 3.33. The third-order valence-electron chi connectivity index (χ3n) is 3.20. The van der Waals surface area contributed by atoms with Gasteiger partial charge in [-0.15, -0.1) is 0 Å². The molecule has 21 heavy (non-hydrogen) atoms. The molecule has 1 unspecified atom stereocenters. The number of nitrogens with zero attached hydrogens (tertiary/aromatic N) is 1. The molecule has 1 heterocycles. The second-order valence-corrected chi connectivity index (χ2v) is 6.75. The van der Waals surface area contributed by atoms with Crippen molar-refractivity contribution in [1.82, 2.24) is 9.97 Å². The Labute approximate surface area is 132 Å². The van der Waals surface area contributed by atoms with Gasteiger partial charge >= 0.3 is 0 Å². The summed E-state index contributed by atoms with van der Waals surface area (Å²) in [6, 6.07) is 9.62. The summed E-state index contributed by atoms with van der Waals surface area (Å²) in [5, 5.41) is 0. The van der Waals surface area contributed by atoms with E-state index in [1.807, 2.05) is 51.1 Å². The first-order valence-corrected chi connectivity index (χ1v) is 7.52. The lowest BCUT2D eigenvalue weighted by Gasteiger charge is -2.28. The van der Waals surface area contributed by atoms with Crippen molar-refractivity contribution < 1.29 is 4.74 Å². The molecule has 112 valence electrons. The van der Waals surface area contributed by atoms with E-state index < -0.39 is 0 Å². The molecule has 0 aliphatic rings. The Balaban J connectivity index is 2.62. The maximum atomic E-state index is 12.2. The van der Waals surface area contributed by atoms with Crippen LogP contribution in [-0.2, 0) is 4.74 Å². The highest BCUT2D eigenvalue weighted by Crippen LogP contribution is 2.34. The van der Waals surface area contributed by atoms with Gasteiger partial charge in [-0.25, -0.2) is 4.98 Å². The van der Waals surface area contributed by atoms with Gasteiger partial charge in [0.25, 0.3) is 5.56 Å². The average Bonchev–Trinajstić information content (AvgIpc) is 2.42. The van der Waals surface area contributed by atoms with E-state index in [9.17, 15) is 4.79 Å². The van der Waals surface area contributed by atoms with Crippen LogP contribution in [0.25, 0.3) is 11.3 Å². The Kier molecular flexibility index (Phi) is 4.64. The van der Waals surface area contributed by atoms with Gasteiger partial charge in [-0.2, -0.15) is 0 Å². The predicted molar refractivity (Wildman–Crippen MR) is 87.2 cm³/mol. The molecule has 0 bridgehead atoms. The molecule has 4 nitrogen and oxygen atoms in total. The summed E-state index contributed by atoms with van der Waals surface area (Å²) in [7, 11) is 1.63. The molecule has 0 aliphatic heterocycles. The van der Waals surface area contributed by atoms with Gasteiger partial charge in [-0.05, 0) is 21.3 Å². The predicted octanol–water partition coefficient (Wildman–Crippen LogP) is 3.93. The van der Waals surface area contributed by atoms with Gasteiger partial charge in [-0.1, -0.05) is 51.1 Å². The van der Waals surface area contributed by atoms with E-state index in [0.29, 0.717) is 16.0 Å². The van der Waals surface area contributed by atoms with Gasteiger partial charge in [0.2, 0.25) is 0 Å². The van der Waals surface area contributed by atoms with Gasteiger partial charge < -0.3 is 9.72 Å².